The molecular formula is C9H11Br. The Morgan fingerprint density at radius 2 is 2.30 bits per heavy atom. The largest absolute Gasteiger partial charge is 0.0928 e. The molecule has 0 aliphatic rings. The van der Waals surface area contributed by atoms with Gasteiger partial charge in [0, 0.05) is 5.33 Å². The SMILES string of the molecule is [3H]c1ccccc1CCCBr. The van der Waals surface area contributed by atoms with E-state index in [1.54, 1.807) is 0 Å². The summed E-state index contributed by atoms with van der Waals surface area (Å²) in [6.45, 7) is 0. The van der Waals surface area contributed by atoms with E-state index in [-0.39, 0.29) is 0 Å². The first-order valence-electron chi connectivity index (χ1n) is 3.95. The lowest BCUT2D eigenvalue weighted by molar-refractivity contribution is 0.940. The zero-order valence-corrected chi connectivity index (χ0v) is 7.39. The third-order valence-corrected chi connectivity index (χ3v) is 1.91. The molecule has 0 radical (unpaired) electrons. The maximum atomic E-state index is 7.53. The summed E-state index contributed by atoms with van der Waals surface area (Å²) in [6.07, 6.45) is 2.11. The molecule has 10 heavy (non-hydrogen) atoms. The lowest BCUT2D eigenvalue weighted by atomic mass is 10.1. The van der Waals surface area contributed by atoms with Gasteiger partial charge in [0.1, 0.15) is 0 Å². The van der Waals surface area contributed by atoms with E-state index in [1.165, 1.54) is 0 Å². The van der Waals surface area contributed by atoms with Crippen molar-refractivity contribution in [3.8, 4) is 0 Å². The molecule has 0 atom stereocenters. The number of hydrogen-bond acceptors (Lipinski definition) is 0. The number of hydrogen-bond donors (Lipinski definition) is 0. The zero-order chi connectivity index (χ0) is 8.10. The summed E-state index contributed by atoms with van der Waals surface area (Å²) in [7, 11) is 0. The quantitative estimate of drug-likeness (QED) is 0.659. The average molecular weight is 201 g/mol. The highest BCUT2D eigenvalue weighted by Gasteiger charge is 1.87. The second-order valence-electron chi connectivity index (χ2n) is 2.18. The van der Waals surface area contributed by atoms with Gasteiger partial charge in [0.15, 0.2) is 0 Å². The van der Waals surface area contributed by atoms with Crippen LogP contribution < -0.4 is 0 Å². The van der Waals surface area contributed by atoms with E-state index in [0.717, 1.165) is 23.7 Å². The molecule has 0 nitrogen and oxygen atoms in total. The van der Waals surface area contributed by atoms with E-state index in [9.17, 15) is 0 Å². The number of alkyl halides is 1. The molecule has 1 aromatic carbocycles. The van der Waals surface area contributed by atoms with E-state index in [2.05, 4.69) is 15.9 Å². The maximum Gasteiger partial charge on any atom is 0.0626 e. The summed E-state index contributed by atoms with van der Waals surface area (Å²) < 4.78 is 7.53. The highest BCUT2D eigenvalue weighted by molar-refractivity contribution is 9.09. The molecule has 1 heteroatoms. The third kappa shape index (κ3) is 2.53. The predicted octanol–water partition coefficient (Wildman–Crippen LogP) is 3.01. The second-order valence-corrected chi connectivity index (χ2v) is 2.97. The van der Waals surface area contributed by atoms with Crippen molar-refractivity contribution >= 4 is 15.9 Å². The molecule has 0 heterocycles. The van der Waals surface area contributed by atoms with Crippen LogP contribution in [0.3, 0.4) is 0 Å². The van der Waals surface area contributed by atoms with Gasteiger partial charge in [-0.15, -0.1) is 0 Å². The Morgan fingerprint density at radius 3 is 3.00 bits per heavy atom. The van der Waals surface area contributed by atoms with Gasteiger partial charge in [-0.25, -0.2) is 0 Å². The minimum absolute atomic E-state index is 0.661. The molecule has 0 aromatic heterocycles. The predicted molar refractivity (Wildman–Crippen MR) is 48.6 cm³/mol. The van der Waals surface area contributed by atoms with Crippen LogP contribution in [0.4, 0.5) is 0 Å². The van der Waals surface area contributed by atoms with Gasteiger partial charge in [-0.1, -0.05) is 46.2 Å². The average Bonchev–Trinajstić information content (AvgIpc) is 2.03. The Hall–Kier alpha value is -0.300. The number of aryl methyl sites for hydroxylation is 1. The van der Waals surface area contributed by atoms with Crippen molar-refractivity contribution in [2.45, 2.75) is 12.8 Å². The minimum Gasteiger partial charge on any atom is -0.0928 e. The summed E-state index contributed by atoms with van der Waals surface area (Å²) in [4.78, 5) is 0. The number of rotatable bonds is 3. The van der Waals surface area contributed by atoms with Crippen LogP contribution in [0.2, 0.25) is 0 Å². The second kappa shape index (κ2) is 4.51. The standard InChI is InChI=1S/C9H11Br/c10-8-4-7-9-5-2-1-3-6-9/h1-3,5-6H,4,7-8H2/i5T. The summed E-state index contributed by atoms with van der Waals surface area (Å²) >= 11 is 3.37. The van der Waals surface area contributed by atoms with Crippen molar-refractivity contribution in [3.63, 3.8) is 0 Å². The zero-order valence-electron chi connectivity index (χ0n) is 6.81. The molecule has 0 bridgehead atoms. The lowest BCUT2D eigenvalue weighted by Gasteiger charge is -1.95. The molecule has 0 N–H and O–H groups in total. The Kier molecular flexibility index (Phi) is 2.89. The maximum absolute atomic E-state index is 7.53. The molecule has 1 rings (SSSR count). The molecule has 1 aromatic rings. The number of halogens is 1. The van der Waals surface area contributed by atoms with Crippen molar-refractivity contribution < 1.29 is 1.37 Å². The fraction of sp³-hybridized carbons (Fsp3) is 0.333. The van der Waals surface area contributed by atoms with Crippen molar-refractivity contribution in [3.05, 3.63) is 35.9 Å². The smallest absolute Gasteiger partial charge is 0.0626 e. The topological polar surface area (TPSA) is 0 Å². The molecule has 0 amide bonds. The molecule has 0 fully saturated rings. The summed E-state index contributed by atoms with van der Waals surface area (Å²) in [6, 6.07) is 8.41. The van der Waals surface area contributed by atoms with Crippen LogP contribution in [0.15, 0.2) is 30.3 Å². The van der Waals surface area contributed by atoms with E-state index in [1.807, 2.05) is 24.3 Å². The van der Waals surface area contributed by atoms with Gasteiger partial charge >= 0.3 is 0 Å². The Balaban J connectivity index is 2.62. The van der Waals surface area contributed by atoms with Crippen LogP contribution >= 0.6 is 15.9 Å². The molecule has 0 spiro atoms. The molecular weight excluding hydrogens is 188 g/mol. The Morgan fingerprint density at radius 1 is 1.40 bits per heavy atom. The van der Waals surface area contributed by atoms with E-state index >= 15 is 0 Å². The van der Waals surface area contributed by atoms with Gasteiger partial charge in [-0.05, 0) is 18.4 Å². The number of benzene rings is 1. The summed E-state index contributed by atoms with van der Waals surface area (Å²) in [5.41, 5.74) is 1.15. The van der Waals surface area contributed by atoms with Crippen LogP contribution in [0.5, 0.6) is 0 Å². The lowest BCUT2D eigenvalue weighted by Crippen LogP contribution is -1.83. The third-order valence-electron chi connectivity index (χ3n) is 1.35. The monoisotopic (exact) mass is 200 g/mol. The van der Waals surface area contributed by atoms with Gasteiger partial charge in [-0.2, -0.15) is 0 Å². The molecule has 0 unspecified atom stereocenters. The highest BCUT2D eigenvalue weighted by atomic mass is 79.9. The molecule has 0 saturated heterocycles. The highest BCUT2D eigenvalue weighted by Crippen LogP contribution is 2.02. The normalized spacial score (nSPS) is 11.1. The van der Waals surface area contributed by atoms with Crippen molar-refractivity contribution in [2.75, 3.05) is 5.33 Å². The van der Waals surface area contributed by atoms with Gasteiger partial charge in [0.05, 0.1) is 1.37 Å². The van der Waals surface area contributed by atoms with Crippen molar-refractivity contribution in [2.24, 2.45) is 0 Å². The minimum atomic E-state index is 0.661. The van der Waals surface area contributed by atoms with Crippen LogP contribution in [-0.2, 0) is 6.42 Å². The first kappa shape index (κ1) is 6.41. The van der Waals surface area contributed by atoms with Gasteiger partial charge in [0.2, 0.25) is 0 Å². The Labute approximate surface area is 71.8 Å². The van der Waals surface area contributed by atoms with Crippen LogP contribution in [0.1, 0.15) is 13.4 Å². The van der Waals surface area contributed by atoms with E-state index in [0.29, 0.717) is 6.04 Å². The van der Waals surface area contributed by atoms with Gasteiger partial charge in [0.25, 0.3) is 0 Å². The molecule has 0 aliphatic carbocycles. The van der Waals surface area contributed by atoms with Crippen LogP contribution in [0.25, 0.3) is 0 Å². The van der Waals surface area contributed by atoms with Crippen molar-refractivity contribution in [1.29, 1.82) is 0 Å². The summed E-state index contributed by atoms with van der Waals surface area (Å²) in [5, 5.41) is 1.02. The van der Waals surface area contributed by atoms with Gasteiger partial charge < -0.3 is 0 Å². The Bertz CT molecular complexity index is 223. The van der Waals surface area contributed by atoms with Crippen molar-refractivity contribution in [1.82, 2.24) is 0 Å². The van der Waals surface area contributed by atoms with E-state index < -0.39 is 0 Å². The fourth-order valence-corrected chi connectivity index (χ4v) is 1.12. The van der Waals surface area contributed by atoms with Crippen LogP contribution in [0, 0.1) is 0 Å². The fourth-order valence-electron chi connectivity index (χ4n) is 0.843. The van der Waals surface area contributed by atoms with Gasteiger partial charge in [-0.3, -0.25) is 0 Å². The first-order valence-corrected chi connectivity index (χ1v) is 4.57. The molecule has 0 saturated carbocycles. The van der Waals surface area contributed by atoms with Crippen LogP contribution in [-0.4, -0.2) is 5.33 Å². The van der Waals surface area contributed by atoms with E-state index in [4.69, 9.17) is 1.37 Å². The first-order chi connectivity index (χ1) is 5.34. The summed E-state index contributed by atoms with van der Waals surface area (Å²) in [5.74, 6) is 0. The molecule has 54 valence electrons. The molecule has 0 aliphatic heterocycles.